The van der Waals surface area contributed by atoms with Gasteiger partial charge in [0.2, 0.25) is 0 Å². The zero-order valence-corrected chi connectivity index (χ0v) is 14.6. The summed E-state index contributed by atoms with van der Waals surface area (Å²) in [6.07, 6.45) is 8.04. The van der Waals surface area contributed by atoms with Gasteiger partial charge in [0.05, 0.1) is 4.99 Å². The van der Waals surface area contributed by atoms with Crippen molar-refractivity contribution in [1.29, 1.82) is 0 Å². The first-order valence-electron chi connectivity index (χ1n) is 8.48. The van der Waals surface area contributed by atoms with Gasteiger partial charge >= 0.3 is 0 Å². The van der Waals surface area contributed by atoms with Crippen LogP contribution in [0.1, 0.15) is 38.5 Å². The largest absolute Gasteiger partial charge is 0.362 e. The van der Waals surface area contributed by atoms with E-state index in [0.717, 1.165) is 30.3 Å². The van der Waals surface area contributed by atoms with Crippen LogP contribution in [-0.2, 0) is 0 Å². The molecule has 4 fully saturated rings. The molecule has 4 saturated heterocycles. The summed E-state index contributed by atoms with van der Waals surface area (Å²) in [5, 5.41) is 3.49. The van der Waals surface area contributed by atoms with Crippen molar-refractivity contribution in [2.24, 2.45) is 11.8 Å². The lowest BCUT2D eigenvalue weighted by Gasteiger charge is -2.60. The zero-order chi connectivity index (χ0) is 13.7. The molecule has 4 heterocycles. The Labute approximate surface area is 140 Å². The number of piperidine rings is 4. The van der Waals surface area contributed by atoms with Crippen molar-refractivity contribution in [1.82, 2.24) is 15.1 Å². The molecule has 4 aliphatic rings. The Bertz CT molecular complexity index is 403. The standard InChI is InChI=1S/C16H27N3S.ClH/c1-17-12-8-14-13-5-3-7-18-6-2-4-11(16(13)18)10-19(14)15(20)9-12;/h11-14,16-17H,2-10H2,1H3;1H/t11-,12?,13+,14+,16-;/m0./s1. The summed E-state index contributed by atoms with van der Waals surface area (Å²) in [4.78, 5) is 6.71. The predicted molar refractivity (Wildman–Crippen MR) is 93.2 cm³/mol. The van der Waals surface area contributed by atoms with E-state index in [0.29, 0.717) is 6.04 Å². The maximum Gasteiger partial charge on any atom is 0.0797 e. The summed E-state index contributed by atoms with van der Waals surface area (Å²) in [5.41, 5.74) is 0. The van der Waals surface area contributed by atoms with Gasteiger partial charge in [-0.25, -0.2) is 0 Å². The van der Waals surface area contributed by atoms with E-state index < -0.39 is 0 Å². The molecule has 4 aliphatic heterocycles. The van der Waals surface area contributed by atoms with Gasteiger partial charge in [0.1, 0.15) is 0 Å². The maximum absolute atomic E-state index is 5.76. The molecule has 1 N–H and O–H groups in total. The molecule has 0 aliphatic carbocycles. The first kappa shape index (κ1) is 16.0. The van der Waals surface area contributed by atoms with Crippen molar-refractivity contribution in [3.8, 4) is 0 Å². The van der Waals surface area contributed by atoms with Crippen molar-refractivity contribution in [2.45, 2.75) is 56.7 Å². The van der Waals surface area contributed by atoms with Crippen LogP contribution in [0.15, 0.2) is 0 Å². The minimum Gasteiger partial charge on any atom is -0.362 e. The molecule has 5 heteroatoms. The van der Waals surface area contributed by atoms with E-state index in [1.54, 1.807) is 0 Å². The maximum atomic E-state index is 5.76. The molecule has 3 nitrogen and oxygen atoms in total. The fourth-order valence-electron chi connectivity index (χ4n) is 5.51. The second kappa shape index (κ2) is 6.31. The lowest BCUT2D eigenvalue weighted by atomic mass is 9.67. The molecule has 120 valence electrons. The van der Waals surface area contributed by atoms with Gasteiger partial charge in [-0.2, -0.15) is 0 Å². The molecule has 5 atom stereocenters. The molecule has 4 rings (SSSR count). The van der Waals surface area contributed by atoms with Crippen LogP contribution in [0.2, 0.25) is 0 Å². The highest BCUT2D eigenvalue weighted by Crippen LogP contribution is 2.44. The van der Waals surface area contributed by atoms with Crippen LogP contribution in [0, 0.1) is 11.8 Å². The number of rotatable bonds is 1. The molecule has 21 heavy (non-hydrogen) atoms. The zero-order valence-electron chi connectivity index (χ0n) is 13.0. The molecule has 0 aromatic heterocycles. The second-order valence-electron chi connectivity index (χ2n) is 7.27. The van der Waals surface area contributed by atoms with Crippen molar-refractivity contribution in [3.05, 3.63) is 0 Å². The fourth-order valence-corrected chi connectivity index (χ4v) is 5.92. The van der Waals surface area contributed by atoms with Crippen LogP contribution < -0.4 is 5.32 Å². The van der Waals surface area contributed by atoms with Crippen molar-refractivity contribution >= 4 is 29.6 Å². The summed E-state index contributed by atoms with van der Waals surface area (Å²) >= 11 is 5.76. The summed E-state index contributed by atoms with van der Waals surface area (Å²) < 4.78 is 0. The average Bonchev–Trinajstić information content (AvgIpc) is 2.48. The lowest BCUT2D eigenvalue weighted by molar-refractivity contribution is -0.0617. The van der Waals surface area contributed by atoms with E-state index in [4.69, 9.17) is 12.2 Å². The first-order valence-corrected chi connectivity index (χ1v) is 8.89. The third-order valence-electron chi connectivity index (χ3n) is 6.35. The van der Waals surface area contributed by atoms with E-state index in [-0.39, 0.29) is 12.4 Å². The van der Waals surface area contributed by atoms with Gasteiger partial charge in [0.25, 0.3) is 0 Å². The van der Waals surface area contributed by atoms with Gasteiger partial charge in [-0.05, 0) is 64.1 Å². The molecule has 0 saturated carbocycles. The second-order valence-corrected chi connectivity index (χ2v) is 7.75. The van der Waals surface area contributed by atoms with Crippen LogP contribution in [-0.4, -0.2) is 59.6 Å². The van der Waals surface area contributed by atoms with Gasteiger partial charge in [0, 0.05) is 31.1 Å². The number of halogens is 1. The summed E-state index contributed by atoms with van der Waals surface area (Å²) in [5.74, 6) is 1.76. The Morgan fingerprint density at radius 2 is 1.95 bits per heavy atom. The van der Waals surface area contributed by atoms with E-state index in [1.807, 2.05) is 0 Å². The average molecular weight is 330 g/mol. The van der Waals surface area contributed by atoms with E-state index in [1.165, 1.54) is 56.7 Å². The number of hydrogen-bond donors (Lipinski definition) is 1. The molecule has 0 aromatic rings. The van der Waals surface area contributed by atoms with Gasteiger partial charge in [0.15, 0.2) is 0 Å². The van der Waals surface area contributed by atoms with Gasteiger partial charge in [-0.1, -0.05) is 12.2 Å². The minimum atomic E-state index is 0. The number of hydrogen-bond acceptors (Lipinski definition) is 3. The van der Waals surface area contributed by atoms with Crippen molar-refractivity contribution in [2.75, 3.05) is 26.7 Å². The summed E-state index contributed by atoms with van der Waals surface area (Å²) in [7, 11) is 2.10. The molecular weight excluding hydrogens is 302 g/mol. The fraction of sp³-hybridized carbons (Fsp3) is 0.938. The SMILES string of the molecule is CNC1CC(=S)N2C[C@@H]3CCCN4CCC[C@@H]([C@H]34)[C@H]2C1.Cl. The third kappa shape index (κ3) is 2.62. The molecule has 0 bridgehead atoms. The minimum absolute atomic E-state index is 0. The van der Waals surface area contributed by atoms with Crippen molar-refractivity contribution in [3.63, 3.8) is 0 Å². The highest BCUT2D eigenvalue weighted by atomic mass is 35.5. The van der Waals surface area contributed by atoms with E-state index >= 15 is 0 Å². The molecular formula is C16H28ClN3S. The normalized spacial score (nSPS) is 42.8. The molecule has 0 aromatic carbocycles. The Morgan fingerprint density at radius 1 is 1.19 bits per heavy atom. The molecule has 0 spiro atoms. The Balaban J connectivity index is 0.00000132. The number of fused-ring (bicyclic) bond motifs is 2. The first-order chi connectivity index (χ1) is 9.78. The highest BCUT2D eigenvalue weighted by Gasteiger charge is 2.50. The number of nitrogens with one attached hydrogen (secondary N) is 1. The summed E-state index contributed by atoms with van der Waals surface area (Å²) in [6.45, 7) is 3.95. The van der Waals surface area contributed by atoms with Gasteiger partial charge in [-0.3, -0.25) is 4.90 Å². The van der Waals surface area contributed by atoms with Crippen LogP contribution in [0.5, 0.6) is 0 Å². The molecule has 0 amide bonds. The topological polar surface area (TPSA) is 18.5 Å². The third-order valence-corrected chi connectivity index (χ3v) is 6.75. The lowest BCUT2D eigenvalue weighted by Crippen LogP contribution is -2.67. The number of thiocarbonyl (C=S) groups is 1. The quantitative estimate of drug-likeness (QED) is 0.744. The highest BCUT2D eigenvalue weighted by molar-refractivity contribution is 7.80. The van der Waals surface area contributed by atoms with Gasteiger partial charge in [-0.15, -0.1) is 12.4 Å². The molecule has 0 radical (unpaired) electrons. The van der Waals surface area contributed by atoms with Crippen LogP contribution in [0.3, 0.4) is 0 Å². The monoisotopic (exact) mass is 329 g/mol. The Hall–Kier alpha value is 0.1000. The van der Waals surface area contributed by atoms with Crippen molar-refractivity contribution < 1.29 is 0 Å². The predicted octanol–water partition coefficient (Wildman–Crippen LogP) is 2.29. The van der Waals surface area contributed by atoms with Gasteiger partial charge < -0.3 is 10.2 Å². The van der Waals surface area contributed by atoms with Crippen LogP contribution in [0.4, 0.5) is 0 Å². The number of nitrogens with zero attached hydrogens (tertiary/aromatic N) is 2. The van der Waals surface area contributed by atoms with Crippen LogP contribution in [0.25, 0.3) is 0 Å². The smallest absolute Gasteiger partial charge is 0.0797 e. The Morgan fingerprint density at radius 3 is 2.71 bits per heavy atom. The molecule has 1 unspecified atom stereocenters. The van der Waals surface area contributed by atoms with E-state index in [2.05, 4.69) is 22.2 Å². The van der Waals surface area contributed by atoms with E-state index in [9.17, 15) is 0 Å². The Kier molecular flexibility index (Phi) is 4.80. The van der Waals surface area contributed by atoms with Crippen LogP contribution >= 0.6 is 24.6 Å². The summed E-state index contributed by atoms with van der Waals surface area (Å²) in [6, 6.07) is 2.20.